The first-order valence-corrected chi connectivity index (χ1v) is 9.20. The fourth-order valence-corrected chi connectivity index (χ4v) is 3.14. The number of hydrogen-bond acceptors (Lipinski definition) is 1. The predicted molar refractivity (Wildman–Crippen MR) is 90.0 cm³/mol. The van der Waals surface area contributed by atoms with E-state index in [-0.39, 0.29) is 12.4 Å². The third-order valence-corrected chi connectivity index (χ3v) is 4.50. The minimum Gasteiger partial charge on any atom is -1.00 e. The second-order valence-electron chi connectivity index (χ2n) is 6.43. The monoisotopic (exact) mass is 321 g/mol. The van der Waals surface area contributed by atoms with Crippen LogP contribution in [0.15, 0.2) is 0 Å². The number of nitrogens with zero attached hydrogens (tertiary/aromatic N) is 1. The van der Waals surface area contributed by atoms with Gasteiger partial charge in [-0.25, -0.2) is 0 Å². The van der Waals surface area contributed by atoms with Gasteiger partial charge in [-0.1, -0.05) is 46.5 Å². The zero-order valence-corrected chi connectivity index (χ0v) is 15.6. The number of hydrogen-bond donors (Lipinski definition) is 1. The first kappa shape index (κ1) is 23.5. The van der Waals surface area contributed by atoms with Crippen molar-refractivity contribution in [2.24, 2.45) is 0 Å². The van der Waals surface area contributed by atoms with Crippen LogP contribution in [0, 0.1) is 0 Å². The highest BCUT2D eigenvalue weighted by molar-refractivity contribution is 4.51. The lowest BCUT2D eigenvalue weighted by atomic mass is 10.1. The molecule has 0 aromatic carbocycles. The Morgan fingerprint density at radius 1 is 0.571 bits per heavy atom. The maximum atomic E-state index is 9.23. The molecule has 0 radical (unpaired) electrons. The van der Waals surface area contributed by atoms with Gasteiger partial charge in [-0.2, -0.15) is 0 Å². The largest absolute Gasteiger partial charge is 1.00 e. The highest BCUT2D eigenvalue weighted by Crippen LogP contribution is 2.17. The Morgan fingerprint density at radius 2 is 1.00 bits per heavy atom. The predicted octanol–water partition coefficient (Wildman–Crippen LogP) is 1.76. The topological polar surface area (TPSA) is 20.2 Å². The molecule has 0 rings (SSSR count). The van der Waals surface area contributed by atoms with E-state index < -0.39 is 0 Å². The van der Waals surface area contributed by atoms with Crippen molar-refractivity contribution in [2.75, 3.05) is 32.8 Å². The summed E-state index contributed by atoms with van der Waals surface area (Å²) in [6.45, 7) is 12.4. The summed E-state index contributed by atoms with van der Waals surface area (Å²) in [4.78, 5) is 0. The number of rotatable bonds is 15. The summed E-state index contributed by atoms with van der Waals surface area (Å²) in [5, 5.41) is 9.23. The van der Waals surface area contributed by atoms with Gasteiger partial charge in [0.05, 0.1) is 26.2 Å². The zero-order valence-electron chi connectivity index (χ0n) is 14.9. The second kappa shape index (κ2) is 16.6. The van der Waals surface area contributed by atoms with E-state index in [1.54, 1.807) is 0 Å². The van der Waals surface area contributed by atoms with Crippen LogP contribution in [0.1, 0.15) is 85.0 Å². The Kier molecular flexibility index (Phi) is 18.5. The van der Waals surface area contributed by atoms with Crippen LogP contribution in [0.2, 0.25) is 0 Å². The van der Waals surface area contributed by atoms with E-state index in [9.17, 15) is 5.11 Å². The Balaban J connectivity index is 0. The highest BCUT2D eigenvalue weighted by Gasteiger charge is 2.25. The van der Waals surface area contributed by atoms with Crippen molar-refractivity contribution in [2.45, 2.75) is 85.0 Å². The van der Waals surface area contributed by atoms with Crippen LogP contribution in [0.5, 0.6) is 0 Å². The molecule has 0 aliphatic heterocycles. The molecule has 0 fully saturated rings. The van der Waals surface area contributed by atoms with Crippen LogP contribution in [-0.4, -0.2) is 42.4 Å². The number of quaternary nitrogens is 1. The van der Waals surface area contributed by atoms with E-state index in [2.05, 4.69) is 20.8 Å². The van der Waals surface area contributed by atoms with E-state index in [4.69, 9.17) is 0 Å². The van der Waals surface area contributed by atoms with Crippen molar-refractivity contribution in [3.63, 3.8) is 0 Å². The van der Waals surface area contributed by atoms with Crippen LogP contribution >= 0.6 is 0 Å². The molecule has 0 spiro atoms. The highest BCUT2D eigenvalue weighted by atomic mass is 35.5. The van der Waals surface area contributed by atoms with Gasteiger partial charge in [0.15, 0.2) is 0 Å². The summed E-state index contributed by atoms with van der Waals surface area (Å²) in [7, 11) is 0. The zero-order chi connectivity index (χ0) is 15.1. The molecule has 2 nitrogen and oxygen atoms in total. The smallest absolute Gasteiger partial charge is 0.0808 e. The molecule has 0 aromatic heterocycles. The lowest BCUT2D eigenvalue weighted by Gasteiger charge is -2.39. The van der Waals surface area contributed by atoms with Crippen molar-refractivity contribution < 1.29 is 22.0 Å². The van der Waals surface area contributed by atoms with Gasteiger partial charge >= 0.3 is 0 Å². The number of aliphatic hydroxyl groups excluding tert-OH is 1. The summed E-state index contributed by atoms with van der Waals surface area (Å²) < 4.78 is 1.28. The van der Waals surface area contributed by atoms with Crippen molar-refractivity contribution in [1.29, 1.82) is 0 Å². The molecule has 0 heterocycles. The van der Waals surface area contributed by atoms with E-state index in [1.807, 2.05) is 0 Å². The molecule has 0 aliphatic rings. The molecule has 130 valence electrons. The van der Waals surface area contributed by atoms with Crippen LogP contribution in [0.3, 0.4) is 0 Å². The Labute approximate surface area is 140 Å². The van der Waals surface area contributed by atoms with Crippen LogP contribution in [-0.2, 0) is 0 Å². The number of unbranched alkanes of at least 4 members (excludes halogenated alkanes) is 6. The maximum Gasteiger partial charge on any atom is 0.0808 e. The Hall–Kier alpha value is 0.210. The molecular formula is C18H40ClNO. The minimum atomic E-state index is 0. The maximum absolute atomic E-state index is 9.23. The average molecular weight is 322 g/mol. The van der Waals surface area contributed by atoms with E-state index >= 15 is 0 Å². The lowest BCUT2D eigenvalue weighted by Crippen LogP contribution is -3.00. The standard InChI is InChI=1S/C18H40NO.ClH/c1-4-7-10-12-16-19(14-9-6-3,17-13-18-20)15-11-8-5-2;/h20H,4-18H2,1-3H3;1H/q+1;/p-1. The van der Waals surface area contributed by atoms with Gasteiger partial charge in [-0.05, 0) is 32.1 Å². The molecule has 1 unspecified atom stereocenters. The van der Waals surface area contributed by atoms with E-state index in [1.165, 1.54) is 88.4 Å². The Bertz CT molecular complexity index is 192. The fraction of sp³-hybridized carbons (Fsp3) is 1.00. The molecule has 0 saturated carbocycles. The first-order valence-electron chi connectivity index (χ1n) is 9.20. The third kappa shape index (κ3) is 12.4. The lowest BCUT2D eigenvalue weighted by molar-refractivity contribution is -0.929. The molecular weight excluding hydrogens is 282 g/mol. The van der Waals surface area contributed by atoms with Gasteiger partial charge in [-0.3, -0.25) is 0 Å². The van der Waals surface area contributed by atoms with E-state index in [0.29, 0.717) is 6.61 Å². The molecule has 3 heteroatoms. The van der Waals surface area contributed by atoms with Gasteiger partial charge in [-0.15, -0.1) is 0 Å². The summed E-state index contributed by atoms with van der Waals surface area (Å²) in [6, 6.07) is 0. The van der Waals surface area contributed by atoms with Crippen molar-refractivity contribution >= 4 is 0 Å². The summed E-state index contributed by atoms with van der Waals surface area (Å²) in [6.07, 6.45) is 13.1. The van der Waals surface area contributed by atoms with Gasteiger partial charge in [0.1, 0.15) is 0 Å². The fourth-order valence-electron chi connectivity index (χ4n) is 3.14. The molecule has 0 bridgehead atoms. The normalized spacial score (nSPS) is 13.7. The van der Waals surface area contributed by atoms with Gasteiger partial charge in [0.25, 0.3) is 0 Å². The molecule has 0 amide bonds. The summed E-state index contributed by atoms with van der Waals surface area (Å²) >= 11 is 0. The van der Waals surface area contributed by atoms with Crippen molar-refractivity contribution in [3.8, 4) is 0 Å². The average Bonchev–Trinajstić information content (AvgIpc) is 2.47. The molecule has 21 heavy (non-hydrogen) atoms. The van der Waals surface area contributed by atoms with Crippen LogP contribution in [0.4, 0.5) is 0 Å². The molecule has 0 aliphatic carbocycles. The molecule has 1 atom stereocenters. The van der Waals surface area contributed by atoms with Crippen LogP contribution in [0.25, 0.3) is 0 Å². The summed E-state index contributed by atoms with van der Waals surface area (Å²) in [5.41, 5.74) is 0. The number of aliphatic hydroxyl groups is 1. The van der Waals surface area contributed by atoms with Crippen LogP contribution < -0.4 is 12.4 Å². The molecule has 0 aromatic rings. The molecule has 1 N–H and O–H groups in total. The van der Waals surface area contributed by atoms with Gasteiger partial charge in [0, 0.05) is 13.0 Å². The van der Waals surface area contributed by atoms with Crippen molar-refractivity contribution in [3.05, 3.63) is 0 Å². The molecule has 0 saturated heterocycles. The van der Waals surface area contributed by atoms with E-state index in [0.717, 1.165) is 6.42 Å². The quantitative estimate of drug-likeness (QED) is 0.360. The van der Waals surface area contributed by atoms with Gasteiger partial charge < -0.3 is 22.0 Å². The minimum absolute atomic E-state index is 0. The SMILES string of the molecule is CCCCCC[N+](CCCC)(CCCO)CCCCC.[Cl-]. The summed E-state index contributed by atoms with van der Waals surface area (Å²) in [5.74, 6) is 0. The Morgan fingerprint density at radius 3 is 1.52 bits per heavy atom. The number of halogens is 1. The third-order valence-electron chi connectivity index (χ3n) is 4.50. The first-order chi connectivity index (χ1) is 9.74. The second-order valence-corrected chi connectivity index (χ2v) is 6.43. The van der Waals surface area contributed by atoms with Gasteiger partial charge in [0.2, 0.25) is 0 Å². The van der Waals surface area contributed by atoms with Crippen molar-refractivity contribution in [1.82, 2.24) is 0 Å².